The fraction of sp³-hybridized carbons (Fsp3) is 0.625. The molecular formula is C8H10ClN3O3. The predicted octanol–water partition coefficient (Wildman–Crippen LogP) is 1.62. The van der Waals surface area contributed by atoms with Gasteiger partial charge in [0.05, 0.1) is 12.2 Å². The van der Waals surface area contributed by atoms with Crippen molar-refractivity contribution >= 4 is 17.4 Å². The van der Waals surface area contributed by atoms with E-state index in [4.69, 9.17) is 16.3 Å². The van der Waals surface area contributed by atoms with Gasteiger partial charge < -0.3 is 14.9 Å². The van der Waals surface area contributed by atoms with Gasteiger partial charge in [-0.05, 0) is 17.8 Å². The van der Waals surface area contributed by atoms with Crippen molar-refractivity contribution in [3.8, 4) is 0 Å². The first-order chi connectivity index (χ1) is 7.16. The van der Waals surface area contributed by atoms with Crippen LogP contribution in [0.3, 0.4) is 0 Å². The van der Waals surface area contributed by atoms with Crippen molar-refractivity contribution in [3.05, 3.63) is 21.3 Å². The molecule has 0 saturated carbocycles. The normalized spacial score (nSPS) is 20.7. The molecule has 82 valence electrons. The molecule has 1 fully saturated rings. The van der Waals surface area contributed by atoms with Crippen LogP contribution in [-0.4, -0.2) is 27.4 Å². The molecule has 1 aromatic rings. The average Bonchev–Trinajstić information content (AvgIpc) is 2.75. The molecule has 1 aliphatic heterocycles. The van der Waals surface area contributed by atoms with Crippen LogP contribution in [0.5, 0.6) is 0 Å². The van der Waals surface area contributed by atoms with Crippen molar-refractivity contribution in [1.29, 1.82) is 0 Å². The third kappa shape index (κ3) is 2.27. The third-order valence-corrected chi connectivity index (χ3v) is 2.50. The molecule has 1 aliphatic rings. The van der Waals surface area contributed by atoms with Gasteiger partial charge in [0.25, 0.3) is 0 Å². The minimum absolute atomic E-state index is 0.0136. The number of hydrogen-bond acceptors (Lipinski definition) is 4. The molecule has 0 amide bonds. The maximum atomic E-state index is 10.7. The summed E-state index contributed by atoms with van der Waals surface area (Å²) in [6, 6.07) is 1.25. The number of hydrogen-bond donors (Lipinski definition) is 0. The minimum Gasteiger partial charge on any atom is -0.374 e. The Morgan fingerprint density at radius 1 is 1.80 bits per heavy atom. The molecule has 1 atom stereocenters. The minimum atomic E-state index is -0.492. The van der Waals surface area contributed by atoms with Crippen LogP contribution in [-0.2, 0) is 11.3 Å². The van der Waals surface area contributed by atoms with E-state index in [2.05, 4.69) is 5.10 Å². The highest BCUT2D eigenvalue weighted by atomic mass is 35.5. The number of rotatable bonds is 3. The lowest BCUT2D eigenvalue weighted by Crippen LogP contribution is -2.17. The van der Waals surface area contributed by atoms with Crippen molar-refractivity contribution in [3.63, 3.8) is 0 Å². The SMILES string of the molecule is O=[N+]([O-])c1cc(Cl)nn1CC1CCCO1. The Hall–Kier alpha value is -1.14. The standard InChI is InChI=1S/C8H10ClN3O3/c9-7-4-8(12(13)14)11(10-7)5-6-2-1-3-15-6/h4,6H,1-3,5H2. The van der Waals surface area contributed by atoms with E-state index in [1.54, 1.807) is 0 Å². The van der Waals surface area contributed by atoms with Gasteiger partial charge in [0.1, 0.15) is 6.54 Å². The van der Waals surface area contributed by atoms with E-state index < -0.39 is 4.92 Å². The van der Waals surface area contributed by atoms with E-state index in [-0.39, 0.29) is 17.1 Å². The van der Waals surface area contributed by atoms with Crippen LogP contribution in [0.25, 0.3) is 0 Å². The molecule has 0 bridgehead atoms. The summed E-state index contributed by atoms with van der Waals surface area (Å²) in [7, 11) is 0. The molecule has 0 spiro atoms. The van der Waals surface area contributed by atoms with E-state index in [0.29, 0.717) is 13.2 Å². The zero-order valence-corrected chi connectivity index (χ0v) is 8.68. The molecule has 6 nitrogen and oxygen atoms in total. The van der Waals surface area contributed by atoms with Crippen molar-refractivity contribution in [1.82, 2.24) is 9.78 Å². The highest BCUT2D eigenvalue weighted by molar-refractivity contribution is 6.29. The predicted molar refractivity (Wildman–Crippen MR) is 52.9 cm³/mol. The second-order valence-electron chi connectivity index (χ2n) is 3.40. The lowest BCUT2D eigenvalue weighted by Gasteiger charge is -2.05. The van der Waals surface area contributed by atoms with Crippen LogP contribution in [0.4, 0.5) is 5.82 Å². The van der Waals surface area contributed by atoms with Crippen LogP contribution in [0.15, 0.2) is 6.07 Å². The van der Waals surface area contributed by atoms with Gasteiger partial charge in [-0.3, -0.25) is 0 Å². The van der Waals surface area contributed by atoms with Crippen LogP contribution >= 0.6 is 11.6 Å². The number of halogens is 1. The smallest absolute Gasteiger partial charge is 0.346 e. The van der Waals surface area contributed by atoms with E-state index >= 15 is 0 Å². The Kier molecular flexibility index (Phi) is 2.88. The molecule has 15 heavy (non-hydrogen) atoms. The maximum Gasteiger partial charge on any atom is 0.346 e. The molecule has 0 N–H and O–H groups in total. The molecule has 0 aliphatic carbocycles. The monoisotopic (exact) mass is 231 g/mol. The lowest BCUT2D eigenvalue weighted by molar-refractivity contribution is -0.392. The van der Waals surface area contributed by atoms with Crippen molar-refractivity contribution in [2.45, 2.75) is 25.5 Å². The van der Waals surface area contributed by atoms with E-state index in [0.717, 1.165) is 12.8 Å². The van der Waals surface area contributed by atoms with E-state index in [1.165, 1.54) is 10.7 Å². The van der Waals surface area contributed by atoms with Crippen molar-refractivity contribution in [2.24, 2.45) is 0 Å². The zero-order valence-electron chi connectivity index (χ0n) is 7.93. The third-order valence-electron chi connectivity index (χ3n) is 2.32. The Labute approximate surface area is 90.9 Å². The van der Waals surface area contributed by atoms with Crippen molar-refractivity contribution < 1.29 is 9.66 Å². The van der Waals surface area contributed by atoms with Gasteiger partial charge >= 0.3 is 5.82 Å². The summed E-state index contributed by atoms with van der Waals surface area (Å²) in [6.45, 7) is 1.11. The molecule has 1 aromatic heterocycles. The summed E-state index contributed by atoms with van der Waals surface area (Å²) in [5.41, 5.74) is 0. The van der Waals surface area contributed by atoms with E-state index in [1.807, 2.05) is 0 Å². The Bertz CT molecular complexity index is 373. The van der Waals surface area contributed by atoms with E-state index in [9.17, 15) is 10.1 Å². The fourth-order valence-electron chi connectivity index (χ4n) is 1.64. The highest BCUT2D eigenvalue weighted by Crippen LogP contribution is 2.20. The Balaban J connectivity index is 2.15. The summed E-state index contributed by atoms with van der Waals surface area (Å²) >= 11 is 5.62. The van der Waals surface area contributed by atoms with Gasteiger partial charge in [0.15, 0.2) is 5.15 Å². The second-order valence-corrected chi connectivity index (χ2v) is 3.79. The van der Waals surface area contributed by atoms with Gasteiger partial charge in [-0.15, -0.1) is 4.68 Å². The molecule has 1 unspecified atom stereocenters. The zero-order chi connectivity index (χ0) is 10.8. The molecule has 0 aromatic carbocycles. The summed E-state index contributed by atoms with van der Waals surface area (Å²) in [5, 5.41) is 14.6. The van der Waals surface area contributed by atoms with Gasteiger partial charge in [-0.1, -0.05) is 16.7 Å². The van der Waals surface area contributed by atoms with Crippen molar-refractivity contribution in [2.75, 3.05) is 6.61 Å². The summed E-state index contributed by atoms with van der Waals surface area (Å²) in [6.07, 6.45) is 1.92. The molecule has 0 radical (unpaired) electrons. The largest absolute Gasteiger partial charge is 0.374 e. The second kappa shape index (κ2) is 4.16. The maximum absolute atomic E-state index is 10.7. The summed E-state index contributed by atoms with van der Waals surface area (Å²) in [4.78, 5) is 10.2. The number of nitro groups is 1. The topological polar surface area (TPSA) is 70.2 Å². The summed E-state index contributed by atoms with van der Waals surface area (Å²) in [5.74, 6) is -0.0875. The van der Waals surface area contributed by atoms with Gasteiger partial charge in [-0.25, -0.2) is 0 Å². The molecule has 2 rings (SSSR count). The van der Waals surface area contributed by atoms with Gasteiger partial charge in [-0.2, -0.15) is 0 Å². The van der Waals surface area contributed by atoms with Gasteiger partial charge in [0, 0.05) is 6.61 Å². The first-order valence-electron chi connectivity index (χ1n) is 4.66. The molecule has 1 saturated heterocycles. The summed E-state index contributed by atoms with van der Waals surface area (Å²) < 4.78 is 6.66. The number of nitrogens with zero attached hydrogens (tertiary/aromatic N) is 3. The quantitative estimate of drug-likeness (QED) is 0.586. The first kappa shape index (κ1) is 10.4. The molecule has 7 heteroatoms. The number of aromatic nitrogens is 2. The molecule has 2 heterocycles. The number of ether oxygens (including phenoxy) is 1. The van der Waals surface area contributed by atoms with Crippen LogP contribution < -0.4 is 0 Å². The Morgan fingerprint density at radius 2 is 2.60 bits per heavy atom. The Morgan fingerprint density at radius 3 is 3.20 bits per heavy atom. The average molecular weight is 232 g/mol. The molecular weight excluding hydrogens is 222 g/mol. The van der Waals surface area contributed by atoms with Crippen LogP contribution in [0, 0.1) is 10.1 Å². The fourth-order valence-corrected chi connectivity index (χ4v) is 1.83. The highest BCUT2D eigenvalue weighted by Gasteiger charge is 2.24. The first-order valence-corrected chi connectivity index (χ1v) is 5.04. The lowest BCUT2D eigenvalue weighted by atomic mass is 10.2. The van der Waals surface area contributed by atoms with Crippen LogP contribution in [0.1, 0.15) is 12.8 Å². The van der Waals surface area contributed by atoms with Crippen LogP contribution in [0.2, 0.25) is 5.15 Å². The van der Waals surface area contributed by atoms with Gasteiger partial charge in [0.2, 0.25) is 0 Å².